The van der Waals surface area contributed by atoms with Crippen LogP contribution in [-0.4, -0.2) is 53.1 Å². The number of carboxylic acid groups (broad SMARTS) is 1. The molecule has 1 aromatic rings. The second kappa shape index (κ2) is 5.21. The lowest BCUT2D eigenvalue weighted by Gasteiger charge is -2.35. The van der Waals surface area contributed by atoms with Gasteiger partial charge < -0.3 is 19.8 Å². The second-order valence-corrected chi connectivity index (χ2v) is 5.54. The van der Waals surface area contributed by atoms with Gasteiger partial charge in [0.05, 0.1) is 18.8 Å². The van der Waals surface area contributed by atoms with Crippen LogP contribution in [0.15, 0.2) is 0 Å². The molecular weight excluding hydrogens is 256 g/mol. The molecule has 0 spiro atoms. The quantitative estimate of drug-likeness (QED) is 0.844. The first kappa shape index (κ1) is 13.3. The summed E-state index contributed by atoms with van der Waals surface area (Å²) in [7, 11) is 0. The van der Waals surface area contributed by atoms with Crippen molar-refractivity contribution in [1.29, 1.82) is 0 Å². The zero-order valence-electron chi connectivity index (χ0n) is 10.3. The molecule has 100 valence electrons. The number of aliphatic hydroxyl groups is 1. The Morgan fingerprint density at radius 1 is 1.61 bits per heavy atom. The summed E-state index contributed by atoms with van der Waals surface area (Å²) >= 11 is 1.36. The standard InChI is InChI=1S/C11H16N2O4S/c1-6-3-13(4-8(5-14)17-6)11-12-9(10(15)16)7(2)18-11/h6,8,14H,3-5H2,1-2H3,(H,15,16). The summed E-state index contributed by atoms with van der Waals surface area (Å²) in [6.07, 6.45) is -0.250. The molecule has 2 N–H and O–H groups in total. The van der Waals surface area contributed by atoms with E-state index in [2.05, 4.69) is 4.98 Å². The van der Waals surface area contributed by atoms with E-state index in [1.54, 1.807) is 6.92 Å². The molecule has 0 aliphatic carbocycles. The smallest absolute Gasteiger partial charge is 0.355 e. The fourth-order valence-corrected chi connectivity index (χ4v) is 2.94. The predicted octanol–water partition coefficient (Wildman–Crippen LogP) is 0.736. The van der Waals surface area contributed by atoms with Gasteiger partial charge in [-0.2, -0.15) is 0 Å². The molecule has 2 rings (SSSR count). The predicted molar refractivity (Wildman–Crippen MR) is 67.4 cm³/mol. The second-order valence-electron chi connectivity index (χ2n) is 4.36. The summed E-state index contributed by atoms with van der Waals surface area (Å²) < 4.78 is 5.54. The zero-order valence-corrected chi connectivity index (χ0v) is 11.1. The molecule has 1 fully saturated rings. The van der Waals surface area contributed by atoms with E-state index in [0.717, 1.165) is 0 Å². The van der Waals surface area contributed by atoms with Crippen molar-refractivity contribution in [2.75, 3.05) is 24.6 Å². The third-order valence-electron chi connectivity index (χ3n) is 2.79. The Morgan fingerprint density at radius 3 is 2.89 bits per heavy atom. The van der Waals surface area contributed by atoms with Gasteiger partial charge in [-0.05, 0) is 13.8 Å². The fourth-order valence-electron chi connectivity index (χ4n) is 2.02. The average Bonchev–Trinajstić information content (AvgIpc) is 2.70. The van der Waals surface area contributed by atoms with Crippen LogP contribution in [0.5, 0.6) is 0 Å². The third kappa shape index (κ3) is 2.63. The first-order valence-electron chi connectivity index (χ1n) is 5.73. The lowest BCUT2D eigenvalue weighted by molar-refractivity contribution is -0.0421. The Kier molecular flexibility index (Phi) is 3.84. The highest BCUT2D eigenvalue weighted by molar-refractivity contribution is 7.15. The number of ether oxygens (including phenoxy) is 1. The summed E-state index contributed by atoms with van der Waals surface area (Å²) in [4.78, 5) is 17.8. The first-order chi connectivity index (χ1) is 8.51. The van der Waals surface area contributed by atoms with Crippen molar-refractivity contribution in [3.05, 3.63) is 10.6 Å². The fraction of sp³-hybridized carbons (Fsp3) is 0.636. The van der Waals surface area contributed by atoms with E-state index < -0.39 is 5.97 Å². The minimum atomic E-state index is -1.00. The van der Waals surface area contributed by atoms with Crippen molar-refractivity contribution < 1.29 is 19.7 Å². The molecule has 0 bridgehead atoms. The Bertz CT molecular complexity index is 448. The molecule has 0 aromatic carbocycles. The van der Waals surface area contributed by atoms with Crippen LogP contribution in [0, 0.1) is 6.92 Å². The van der Waals surface area contributed by atoms with E-state index >= 15 is 0 Å². The van der Waals surface area contributed by atoms with Crippen molar-refractivity contribution in [2.24, 2.45) is 0 Å². The van der Waals surface area contributed by atoms with Gasteiger partial charge in [-0.3, -0.25) is 0 Å². The van der Waals surface area contributed by atoms with E-state index in [1.807, 2.05) is 11.8 Å². The van der Waals surface area contributed by atoms with Crippen LogP contribution in [0.2, 0.25) is 0 Å². The van der Waals surface area contributed by atoms with Gasteiger partial charge >= 0.3 is 5.97 Å². The number of nitrogens with zero attached hydrogens (tertiary/aromatic N) is 2. The largest absolute Gasteiger partial charge is 0.476 e. The van der Waals surface area contributed by atoms with Crippen molar-refractivity contribution in [3.8, 4) is 0 Å². The monoisotopic (exact) mass is 272 g/mol. The Labute approximate surface area is 109 Å². The van der Waals surface area contributed by atoms with Gasteiger partial charge in [0.1, 0.15) is 0 Å². The molecule has 1 saturated heterocycles. The molecule has 1 aromatic heterocycles. The van der Waals surface area contributed by atoms with Gasteiger partial charge in [-0.25, -0.2) is 9.78 Å². The summed E-state index contributed by atoms with van der Waals surface area (Å²) in [6, 6.07) is 0. The van der Waals surface area contributed by atoms with Crippen LogP contribution in [0.3, 0.4) is 0 Å². The number of anilines is 1. The Morgan fingerprint density at radius 2 is 2.33 bits per heavy atom. The highest BCUT2D eigenvalue weighted by atomic mass is 32.1. The molecule has 2 unspecified atom stereocenters. The van der Waals surface area contributed by atoms with Gasteiger partial charge in [0.2, 0.25) is 0 Å². The number of morpholine rings is 1. The Balaban J connectivity index is 2.20. The number of carboxylic acids is 1. The maximum absolute atomic E-state index is 11.0. The van der Waals surface area contributed by atoms with E-state index in [-0.39, 0.29) is 24.5 Å². The first-order valence-corrected chi connectivity index (χ1v) is 6.55. The van der Waals surface area contributed by atoms with Crippen molar-refractivity contribution >= 4 is 22.4 Å². The normalized spacial score (nSPS) is 24.3. The zero-order chi connectivity index (χ0) is 13.3. The molecule has 1 aliphatic heterocycles. The van der Waals surface area contributed by atoms with Gasteiger partial charge in [-0.15, -0.1) is 11.3 Å². The highest BCUT2D eigenvalue weighted by Gasteiger charge is 2.27. The molecule has 18 heavy (non-hydrogen) atoms. The molecule has 0 amide bonds. The molecule has 0 radical (unpaired) electrons. The van der Waals surface area contributed by atoms with Crippen LogP contribution in [0.4, 0.5) is 5.13 Å². The van der Waals surface area contributed by atoms with Crippen LogP contribution >= 0.6 is 11.3 Å². The maximum Gasteiger partial charge on any atom is 0.355 e. The lowest BCUT2D eigenvalue weighted by Crippen LogP contribution is -2.48. The number of thiazole rings is 1. The van der Waals surface area contributed by atoms with E-state index in [1.165, 1.54) is 11.3 Å². The van der Waals surface area contributed by atoms with Crippen molar-refractivity contribution in [1.82, 2.24) is 4.98 Å². The number of aryl methyl sites for hydroxylation is 1. The molecule has 2 atom stereocenters. The minimum absolute atomic E-state index is 0.00613. The average molecular weight is 272 g/mol. The minimum Gasteiger partial charge on any atom is -0.476 e. The topological polar surface area (TPSA) is 82.9 Å². The number of hydrogen-bond donors (Lipinski definition) is 2. The summed E-state index contributed by atoms with van der Waals surface area (Å²) in [5.41, 5.74) is 0.106. The summed E-state index contributed by atoms with van der Waals surface area (Å²) in [5.74, 6) is -1.00. The third-order valence-corrected chi connectivity index (χ3v) is 3.82. The van der Waals surface area contributed by atoms with E-state index in [9.17, 15) is 4.79 Å². The van der Waals surface area contributed by atoms with E-state index in [4.69, 9.17) is 14.9 Å². The SMILES string of the molecule is Cc1sc(N2CC(C)OC(CO)C2)nc1C(=O)O. The van der Waals surface area contributed by atoms with Crippen LogP contribution < -0.4 is 4.90 Å². The molecule has 0 saturated carbocycles. The van der Waals surface area contributed by atoms with Gasteiger partial charge in [0.15, 0.2) is 10.8 Å². The van der Waals surface area contributed by atoms with E-state index in [0.29, 0.717) is 23.1 Å². The Hall–Kier alpha value is -1.18. The highest BCUT2D eigenvalue weighted by Crippen LogP contribution is 2.28. The van der Waals surface area contributed by atoms with Crippen LogP contribution in [0.1, 0.15) is 22.3 Å². The number of rotatable bonds is 3. The van der Waals surface area contributed by atoms with Gasteiger partial charge in [-0.1, -0.05) is 0 Å². The van der Waals surface area contributed by atoms with Crippen LogP contribution in [0.25, 0.3) is 0 Å². The summed E-state index contributed by atoms with van der Waals surface area (Å²) in [5, 5.41) is 18.8. The van der Waals surface area contributed by atoms with Crippen LogP contribution in [-0.2, 0) is 4.74 Å². The molecule has 2 heterocycles. The molecule has 6 nitrogen and oxygen atoms in total. The van der Waals surface area contributed by atoms with Gasteiger partial charge in [0, 0.05) is 18.0 Å². The number of aliphatic hydroxyl groups excluding tert-OH is 1. The number of hydrogen-bond acceptors (Lipinski definition) is 6. The van der Waals surface area contributed by atoms with Crippen molar-refractivity contribution in [2.45, 2.75) is 26.1 Å². The van der Waals surface area contributed by atoms with Gasteiger partial charge in [0.25, 0.3) is 0 Å². The number of aromatic carboxylic acids is 1. The number of aromatic nitrogens is 1. The summed E-state index contributed by atoms with van der Waals surface area (Å²) in [6.45, 7) is 4.82. The molecule has 7 heteroatoms. The maximum atomic E-state index is 11.0. The number of carbonyl (C=O) groups is 1. The van der Waals surface area contributed by atoms with Crippen molar-refractivity contribution in [3.63, 3.8) is 0 Å². The molecular formula is C11H16N2O4S. The molecule has 1 aliphatic rings. The lowest BCUT2D eigenvalue weighted by atomic mass is 10.2.